The van der Waals surface area contributed by atoms with Crippen LogP contribution in [-0.2, 0) is 11.3 Å². The summed E-state index contributed by atoms with van der Waals surface area (Å²) in [5.41, 5.74) is 2.93. The number of carbonyl (C=O) groups is 1. The first kappa shape index (κ1) is 17.8. The predicted octanol–water partition coefficient (Wildman–Crippen LogP) is 3.55. The van der Waals surface area contributed by atoms with Crippen LogP contribution in [0.5, 0.6) is 17.2 Å². The fourth-order valence-electron chi connectivity index (χ4n) is 3.12. The van der Waals surface area contributed by atoms with Crippen LogP contribution in [0.15, 0.2) is 41.6 Å². The Bertz CT molecular complexity index is 859. The van der Waals surface area contributed by atoms with E-state index < -0.39 is 5.97 Å². The van der Waals surface area contributed by atoms with Crippen molar-refractivity contribution in [3.63, 3.8) is 0 Å². The molecule has 3 rings (SSSR count). The van der Waals surface area contributed by atoms with E-state index in [0.717, 1.165) is 17.5 Å². The van der Waals surface area contributed by atoms with Gasteiger partial charge in [0.05, 0.1) is 25.5 Å². The molecule has 1 N–H and O–H groups in total. The summed E-state index contributed by atoms with van der Waals surface area (Å²) in [5, 5.41) is 13.8. The number of phenols is 1. The lowest BCUT2D eigenvalue weighted by Crippen LogP contribution is -2.19. The number of hydrogen-bond donors (Lipinski definition) is 1. The summed E-state index contributed by atoms with van der Waals surface area (Å²) in [4.78, 5) is 17.5. The highest BCUT2D eigenvalue weighted by Crippen LogP contribution is 2.30. The highest BCUT2D eigenvalue weighted by atomic mass is 16.7. The number of ether oxygens (including phenoxy) is 2. The third-order valence-corrected chi connectivity index (χ3v) is 4.37. The molecule has 0 aliphatic heterocycles. The first-order valence-corrected chi connectivity index (χ1v) is 8.34. The number of phenolic OH excluding ortho intramolecular Hbond substituents is 1. The zero-order valence-corrected chi connectivity index (χ0v) is 15.0. The maximum atomic E-state index is 12.3. The van der Waals surface area contributed by atoms with Gasteiger partial charge in [-0.05, 0) is 60.7 Å². The second kappa shape index (κ2) is 7.47. The molecule has 0 aromatic heterocycles. The maximum Gasteiger partial charge on any atom is 0.365 e. The van der Waals surface area contributed by atoms with Gasteiger partial charge in [-0.3, -0.25) is 0 Å². The summed E-state index contributed by atoms with van der Waals surface area (Å²) in [6.07, 6.45) is 1.56. The van der Waals surface area contributed by atoms with E-state index in [1.165, 1.54) is 14.2 Å². The molecule has 0 spiro atoms. The van der Waals surface area contributed by atoms with Crippen molar-refractivity contribution in [2.75, 3.05) is 14.2 Å². The van der Waals surface area contributed by atoms with Crippen LogP contribution >= 0.6 is 0 Å². The van der Waals surface area contributed by atoms with E-state index in [4.69, 9.17) is 14.3 Å². The Balaban J connectivity index is 1.83. The van der Waals surface area contributed by atoms with Gasteiger partial charge in [-0.2, -0.15) is 0 Å². The Hall–Kier alpha value is -3.02. The maximum absolute atomic E-state index is 12.3. The average molecular weight is 355 g/mol. The Morgan fingerprint density at radius 2 is 1.85 bits per heavy atom. The van der Waals surface area contributed by atoms with E-state index >= 15 is 0 Å². The molecule has 1 aliphatic rings. The molecule has 0 heterocycles. The van der Waals surface area contributed by atoms with Crippen LogP contribution in [0.2, 0.25) is 0 Å². The average Bonchev–Trinajstić information content (AvgIpc) is 2.64. The Labute approximate surface area is 152 Å². The molecule has 2 aromatic rings. The van der Waals surface area contributed by atoms with Crippen molar-refractivity contribution >= 4 is 11.7 Å². The quantitative estimate of drug-likeness (QED) is 0.670. The number of methoxy groups -OCH3 is 2. The number of carbonyl (C=O) groups excluding carboxylic acids is 1. The summed E-state index contributed by atoms with van der Waals surface area (Å²) < 4.78 is 10.4. The van der Waals surface area contributed by atoms with Gasteiger partial charge in [-0.1, -0.05) is 12.1 Å². The minimum absolute atomic E-state index is 0.222. The molecule has 0 saturated carbocycles. The van der Waals surface area contributed by atoms with Gasteiger partial charge in [0, 0.05) is 5.56 Å². The molecular formula is C20H21NO5. The highest BCUT2D eigenvalue weighted by Gasteiger charge is 2.22. The van der Waals surface area contributed by atoms with Crippen molar-refractivity contribution < 1.29 is 24.2 Å². The molecule has 1 atom stereocenters. The smallest absolute Gasteiger partial charge is 0.365 e. The Morgan fingerprint density at radius 3 is 2.58 bits per heavy atom. The molecule has 136 valence electrons. The fraction of sp³-hybridized carbons (Fsp3) is 0.300. The summed E-state index contributed by atoms with van der Waals surface area (Å²) >= 11 is 0. The topological polar surface area (TPSA) is 77.4 Å². The second-order valence-corrected chi connectivity index (χ2v) is 6.34. The molecule has 0 bridgehead atoms. The number of benzene rings is 2. The molecule has 0 radical (unpaired) electrons. The van der Waals surface area contributed by atoms with Gasteiger partial charge < -0.3 is 19.4 Å². The van der Waals surface area contributed by atoms with Crippen molar-refractivity contribution in [3.8, 4) is 17.2 Å². The van der Waals surface area contributed by atoms with Crippen molar-refractivity contribution in [2.24, 2.45) is 11.1 Å². The summed E-state index contributed by atoms with van der Waals surface area (Å²) in [6, 6.07) is 9.94. The summed E-state index contributed by atoms with van der Waals surface area (Å²) in [7, 11) is 3.03. The molecule has 1 unspecified atom stereocenters. The molecule has 0 saturated heterocycles. The van der Waals surface area contributed by atoms with Crippen LogP contribution in [0.4, 0.5) is 0 Å². The minimum atomic E-state index is -0.572. The third kappa shape index (κ3) is 3.64. The van der Waals surface area contributed by atoms with E-state index in [1.54, 1.807) is 36.4 Å². The van der Waals surface area contributed by atoms with Crippen LogP contribution in [0.1, 0.15) is 34.8 Å². The molecule has 6 heteroatoms. The van der Waals surface area contributed by atoms with Crippen molar-refractivity contribution in [3.05, 3.63) is 53.1 Å². The highest BCUT2D eigenvalue weighted by molar-refractivity contribution is 6.03. The van der Waals surface area contributed by atoms with Crippen LogP contribution in [-0.4, -0.2) is 31.0 Å². The molecular weight excluding hydrogens is 334 g/mol. The largest absolute Gasteiger partial charge is 0.508 e. The number of nitrogens with zero attached hydrogens (tertiary/aromatic N) is 1. The van der Waals surface area contributed by atoms with E-state index in [-0.39, 0.29) is 5.75 Å². The van der Waals surface area contributed by atoms with Crippen LogP contribution < -0.4 is 9.47 Å². The Kier molecular flexibility index (Phi) is 5.11. The van der Waals surface area contributed by atoms with Crippen molar-refractivity contribution in [1.82, 2.24) is 0 Å². The molecule has 1 aliphatic carbocycles. The van der Waals surface area contributed by atoms with Crippen LogP contribution in [0.25, 0.3) is 0 Å². The van der Waals surface area contributed by atoms with Crippen molar-refractivity contribution in [1.29, 1.82) is 0 Å². The predicted molar refractivity (Wildman–Crippen MR) is 97.1 cm³/mol. The van der Waals surface area contributed by atoms with Gasteiger partial charge in [0.2, 0.25) is 0 Å². The van der Waals surface area contributed by atoms with E-state index in [2.05, 4.69) is 12.1 Å². The first-order valence-electron chi connectivity index (χ1n) is 8.34. The van der Waals surface area contributed by atoms with Gasteiger partial charge >= 0.3 is 5.97 Å². The third-order valence-electron chi connectivity index (χ3n) is 4.37. The zero-order valence-electron chi connectivity index (χ0n) is 15.0. The van der Waals surface area contributed by atoms with Crippen LogP contribution in [0.3, 0.4) is 0 Å². The number of fused-ring (bicyclic) bond motifs is 1. The van der Waals surface area contributed by atoms with Gasteiger partial charge in [0.25, 0.3) is 0 Å². The van der Waals surface area contributed by atoms with Gasteiger partial charge in [0.15, 0.2) is 11.5 Å². The summed E-state index contributed by atoms with van der Waals surface area (Å²) in [6.45, 7) is 2.10. The van der Waals surface area contributed by atoms with E-state index in [0.29, 0.717) is 35.1 Å². The van der Waals surface area contributed by atoms with E-state index in [1.807, 2.05) is 0 Å². The lowest BCUT2D eigenvalue weighted by Gasteiger charge is -2.22. The molecule has 6 nitrogen and oxygen atoms in total. The Morgan fingerprint density at radius 1 is 1.08 bits per heavy atom. The molecule has 0 fully saturated rings. The monoisotopic (exact) mass is 355 g/mol. The molecule has 0 amide bonds. The fourth-order valence-corrected chi connectivity index (χ4v) is 3.12. The van der Waals surface area contributed by atoms with Gasteiger partial charge in [0.1, 0.15) is 5.75 Å². The second-order valence-electron chi connectivity index (χ2n) is 6.34. The lowest BCUT2D eigenvalue weighted by atomic mass is 9.83. The standard InChI is InChI=1S/C20H21NO5/c1-12-8-14-10-15(22)5-6-16(14)17(9-12)21-26-20(23)13-4-7-18(24-2)19(11-13)25-3/h4-7,10-12,22H,8-9H2,1-3H3/b21-17+. The summed E-state index contributed by atoms with van der Waals surface area (Å²) in [5.74, 6) is 0.978. The van der Waals surface area contributed by atoms with Gasteiger partial charge in [-0.15, -0.1) is 0 Å². The van der Waals surface area contributed by atoms with Gasteiger partial charge in [-0.25, -0.2) is 4.79 Å². The number of hydrogen-bond acceptors (Lipinski definition) is 6. The normalized spacial score (nSPS) is 17.5. The molecule has 26 heavy (non-hydrogen) atoms. The van der Waals surface area contributed by atoms with E-state index in [9.17, 15) is 9.90 Å². The zero-order chi connectivity index (χ0) is 18.7. The number of oxime groups is 1. The lowest BCUT2D eigenvalue weighted by molar-refractivity contribution is 0.0514. The molecule has 2 aromatic carbocycles. The minimum Gasteiger partial charge on any atom is -0.508 e. The number of aromatic hydroxyl groups is 1. The number of rotatable bonds is 4. The van der Waals surface area contributed by atoms with Crippen LogP contribution in [0, 0.1) is 5.92 Å². The van der Waals surface area contributed by atoms with Crippen molar-refractivity contribution in [2.45, 2.75) is 19.8 Å². The first-order chi connectivity index (χ1) is 12.5. The SMILES string of the molecule is COc1ccc(C(=O)O/N=C2\CC(C)Cc3cc(O)ccc32)cc1OC.